The molecule has 0 amide bonds. The predicted molar refractivity (Wildman–Crippen MR) is 83.3 cm³/mol. The fraction of sp³-hybridized carbons (Fsp3) is 0.556. The second-order valence-corrected chi connectivity index (χ2v) is 6.01. The van der Waals surface area contributed by atoms with Crippen LogP contribution in [0.2, 0.25) is 0 Å². The molecule has 114 valence electrons. The third kappa shape index (κ3) is 5.49. The van der Waals surface area contributed by atoms with Crippen molar-refractivity contribution in [3.63, 3.8) is 0 Å². The summed E-state index contributed by atoms with van der Waals surface area (Å²) >= 11 is 0. The Morgan fingerprint density at radius 3 is 2.71 bits per heavy atom. The van der Waals surface area contributed by atoms with E-state index >= 15 is 0 Å². The van der Waals surface area contributed by atoms with Crippen molar-refractivity contribution in [2.45, 2.75) is 38.6 Å². The summed E-state index contributed by atoms with van der Waals surface area (Å²) in [7, 11) is 2.10. The van der Waals surface area contributed by atoms with Crippen molar-refractivity contribution in [2.75, 3.05) is 20.2 Å². The Kier molecular flexibility index (Phi) is 6.22. The van der Waals surface area contributed by atoms with E-state index < -0.39 is 0 Å². The molecule has 3 heteroatoms. The molecule has 1 N–H and O–H groups in total. The first-order chi connectivity index (χ1) is 10.2. The lowest BCUT2D eigenvalue weighted by atomic mass is 9.89. The molecular weight excluding hydrogens is 265 g/mol. The molecule has 0 aromatic heterocycles. The van der Waals surface area contributed by atoms with Crippen LogP contribution in [0.4, 0.5) is 4.39 Å². The Balaban J connectivity index is 1.96. The molecule has 2 rings (SSSR count). The lowest BCUT2D eigenvalue weighted by Crippen LogP contribution is -2.26. The van der Waals surface area contributed by atoms with Gasteiger partial charge in [-0.2, -0.15) is 0 Å². The van der Waals surface area contributed by atoms with E-state index in [4.69, 9.17) is 5.11 Å². The van der Waals surface area contributed by atoms with Crippen LogP contribution in [0, 0.1) is 23.6 Å². The molecule has 0 unspecified atom stereocenters. The summed E-state index contributed by atoms with van der Waals surface area (Å²) in [6, 6.07) is 4.89. The van der Waals surface area contributed by atoms with E-state index in [0.29, 0.717) is 5.56 Å². The zero-order valence-corrected chi connectivity index (χ0v) is 12.7. The zero-order valence-electron chi connectivity index (χ0n) is 12.7. The van der Waals surface area contributed by atoms with Crippen LogP contribution < -0.4 is 0 Å². The number of aliphatic hydroxyl groups excluding tert-OH is 1. The van der Waals surface area contributed by atoms with Crippen molar-refractivity contribution in [1.82, 2.24) is 4.90 Å². The highest BCUT2D eigenvalue weighted by atomic mass is 19.1. The smallest absolute Gasteiger partial charge is 0.124 e. The largest absolute Gasteiger partial charge is 0.384 e. The second-order valence-electron chi connectivity index (χ2n) is 6.01. The Labute approximate surface area is 127 Å². The molecular formula is C18H24FNO. The summed E-state index contributed by atoms with van der Waals surface area (Å²) < 4.78 is 13.6. The Hall–Kier alpha value is -1.37. The van der Waals surface area contributed by atoms with Crippen molar-refractivity contribution in [3.8, 4) is 11.8 Å². The Morgan fingerprint density at radius 1 is 1.24 bits per heavy atom. The van der Waals surface area contributed by atoms with Crippen molar-refractivity contribution in [1.29, 1.82) is 0 Å². The van der Waals surface area contributed by atoms with Gasteiger partial charge in [-0.1, -0.05) is 31.1 Å². The van der Waals surface area contributed by atoms with E-state index in [1.165, 1.54) is 38.2 Å². The summed E-state index contributed by atoms with van der Waals surface area (Å²) in [4.78, 5) is 2.27. The van der Waals surface area contributed by atoms with E-state index in [2.05, 4.69) is 23.8 Å². The molecule has 1 aromatic carbocycles. The number of hydrogen-bond acceptors (Lipinski definition) is 2. The van der Waals surface area contributed by atoms with E-state index in [-0.39, 0.29) is 12.4 Å². The molecule has 0 aliphatic heterocycles. The molecule has 2 nitrogen and oxygen atoms in total. The van der Waals surface area contributed by atoms with Crippen LogP contribution in [0.25, 0.3) is 0 Å². The molecule has 0 spiro atoms. The monoisotopic (exact) mass is 289 g/mol. The summed E-state index contributed by atoms with van der Waals surface area (Å²) in [5.74, 6) is 5.86. The van der Waals surface area contributed by atoms with E-state index in [0.717, 1.165) is 24.6 Å². The molecule has 0 saturated heterocycles. The normalized spacial score (nSPS) is 15.8. The van der Waals surface area contributed by atoms with Crippen LogP contribution >= 0.6 is 0 Å². The zero-order chi connectivity index (χ0) is 15.1. The lowest BCUT2D eigenvalue weighted by molar-refractivity contribution is 0.228. The van der Waals surface area contributed by atoms with Gasteiger partial charge in [-0.3, -0.25) is 0 Å². The lowest BCUT2D eigenvalue weighted by Gasteiger charge is -2.27. The van der Waals surface area contributed by atoms with E-state index in [1.54, 1.807) is 6.07 Å². The number of hydrogen-bond donors (Lipinski definition) is 1. The summed E-state index contributed by atoms with van der Waals surface area (Å²) in [6.07, 6.45) is 6.71. The van der Waals surface area contributed by atoms with Crippen LogP contribution in [-0.2, 0) is 6.54 Å². The first kappa shape index (κ1) is 16.0. The van der Waals surface area contributed by atoms with E-state index in [1.807, 2.05) is 6.07 Å². The first-order valence-electron chi connectivity index (χ1n) is 7.75. The molecule has 0 radical (unpaired) electrons. The van der Waals surface area contributed by atoms with Crippen LogP contribution in [0.15, 0.2) is 18.2 Å². The molecule has 0 bridgehead atoms. The molecule has 21 heavy (non-hydrogen) atoms. The maximum atomic E-state index is 13.6. The van der Waals surface area contributed by atoms with Gasteiger partial charge in [-0.25, -0.2) is 4.39 Å². The quantitative estimate of drug-likeness (QED) is 0.861. The van der Waals surface area contributed by atoms with Crippen LogP contribution in [-0.4, -0.2) is 30.2 Å². The van der Waals surface area contributed by atoms with Gasteiger partial charge < -0.3 is 10.0 Å². The summed E-state index contributed by atoms with van der Waals surface area (Å²) in [6.45, 7) is 1.61. The Morgan fingerprint density at radius 2 is 2.00 bits per heavy atom. The molecule has 1 aliphatic rings. The van der Waals surface area contributed by atoms with Gasteiger partial charge in [0.05, 0.1) is 0 Å². The van der Waals surface area contributed by atoms with Crippen LogP contribution in [0.3, 0.4) is 0 Å². The van der Waals surface area contributed by atoms with Gasteiger partial charge in [0.25, 0.3) is 0 Å². The van der Waals surface area contributed by atoms with Crippen molar-refractivity contribution < 1.29 is 9.50 Å². The average molecular weight is 289 g/mol. The standard InChI is InChI=1S/C18H24FNO/c1-20(13-15-6-3-2-4-7-15)14-17-10-16(8-5-9-21)11-18(19)12-17/h10-12,15,21H,2-4,6-7,9,13-14H2,1H3. The summed E-state index contributed by atoms with van der Waals surface area (Å²) in [5.41, 5.74) is 1.57. The minimum atomic E-state index is -0.263. The highest BCUT2D eigenvalue weighted by Gasteiger charge is 2.15. The SMILES string of the molecule is CN(Cc1cc(F)cc(C#CCO)c1)CC1CCCCC1. The number of halogens is 1. The molecule has 1 aliphatic carbocycles. The maximum absolute atomic E-state index is 13.6. The molecule has 1 saturated carbocycles. The van der Waals surface area contributed by atoms with Gasteiger partial charge in [0.1, 0.15) is 12.4 Å². The van der Waals surface area contributed by atoms with Crippen molar-refractivity contribution in [2.24, 2.45) is 5.92 Å². The minimum absolute atomic E-state index is 0.201. The fourth-order valence-corrected chi connectivity index (χ4v) is 3.14. The third-order valence-electron chi connectivity index (χ3n) is 4.02. The predicted octanol–water partition coefficient (Wildman–Crippen LogP) is 3.18. The second kappa shape index (κ2) is 8.17. The first-order valence-corrected chi connectivity index (χ1v) is 7.75. The van der Waals surface area contributed by atoms with E-state index in [9.17, 15) is 4.39 Å². The summed E-state index contributed by atoms with van der Waals surface area (Å²) in [5, 5.41) is 8.72. The molecule has 1 aromatic rings. The van der Waals surface area contributed by atoms with Crippen molar-refractivity contribution >= 4 is 0 Å². The van der Waals surface area contributed by atoms with Gasteiger partial charge >= 0.3 is 0 Å². The van der Waals surface area contributed by atoms with Crippen LogP contribution in [0.5, 0.6) is 0 Å². The number of nitrogens with zero attached hydrogens (tertiary/aromatic N) is 1. The highest BCUT2D eigenvalue weighted by molar-refractivity contribution is 5.37. The third-order valence-corrected chi connectivity index (χ3v) is 4.02. The van der Waals surface area contributed by atoms with Gasteiger partial charge in [0.15, 0.2) is 0 Å². The van der Waals surface area contributed by atoms with Gasteiger partial charge in [0, 0.05) is 18.7 Å². The number of aliphatic hydroxyl groups is 1. The van der Waals surface area contributed by atoms with Crippen molar-refractivity contribution in [3.05, 3.63) is 35.1 Å². The Bertz CT molecular complexity index is 512. The van der Waals surface area contributed by atoms with Gasteiger partial charge in [-0.15, -0.1) is 0 Å². The van der Waals surface area contributed by atoms with Crippen LogP contribution in [0.1, 0.15) is 43.2 Å². The topological polar surface area (TPSA) is 23.5 Å². The minimum Gasteiger partial charge on any atom is -0.384 e. The molecule has 1 fully saturated rings. The molecule has 0 heterocycles. The highest BCUT2D eigenvalue weighted by Crippen LogP contribution is 2.24. The molecule has 0 atom stereocenters. The maximum Gasteiger partial charge on any atom is 0.124 e. The van der Waals surface area contributed by atoms with Gasteiger partial charge in [-0.05, 0) is 49.6 Å². The van der Waals surface area contributed by atoms with Gasteiger partial charge in [0.2, 0.25) is 0 Å². The number of rotatable bonds is 4. The fourth-order valence-electron chi connectivity index (χ4n) is 3.14. The number of benzene rings is 1. The average Bonchev–Trinajstić information content (AvgIpc) is 2.45.